The summed E-state index contributed by atoms with van der Waals surface area (Å²) in [6, 6.07) is 5.12. The molecular formula is C14H16N4O. The molecule has 2 aliphatic heterocycles. The summed E-state index contributed by atoms with van der Waals surface area (Å²) >= 11 is 0. The maximum Gasteiger partial charge on any atom is 0.268 e. The Morgan fingerprint density at radius 3 is 3.11 bits per heavy atom. The maximum atomic E-state index is 12.3. The third-order valence-corrected chi connectivity index (χ3v) is 4.29. The van der Waals surface area contributed by atoms with Gasteiger partial charge in [-0.1, -0.05) is 0 Å². The van der Waals surface area contributed by atoms with Crippen LogP contribution >= 0.6 is 0 Å². The van der Waals surface area contributed by atoms with Crippen molar-refractivity contribution in [2.24, 2.45) is 0 Å². The van der Waals surface area contributed by atoms with Crippen LogP contribution in [0.5, 0.6) is 0 Å². The lowest BCUT2D eigenvalue weighted by Crippen LogP contribution is -2.43. The molecule has 0 spiro atoms. The van der Waals surface area contributed by atoms with Gasteiger partial charge >= 0.3 is 0 Å². The first-order valence-corrected chi connectivity index (χ1v) is 6.79. The van der Waals surface area contributed by atoms with Crippen LogP contribution in [0, 0.1) is 0 Å². The molecule has 3 atom stereocenters. The van der Waals surface area contributed by atoms with Crippen molar-refractivity contribution >= 4 is 16.8 Å². The fourth-order valence-electron chi connectivity index (χ4n) is 3.32. The van der Waals surface area contributed by atoms with Crippen molar-refractivity contribution in [2.75, 3.05) is 0 Å². The van der Waals surface area contributed by atoms with E-state index in [-0.39, 0.29) is 11.9 Å². The Hall–Kier alpha value is -1.88. The molecule has 0 aliphatic carbocycles. The van der Waals surface area contributed by atoms with Crippen LogP contribution in [0.15, 0.2) is 24.5 Å². The van der Waals surface area contributed by atoms with Crippen LogP contribution in [-0.4, -0.2) is 34.0 Å². The first kappa shape index (κ1) is 11.0. The predicted octanol–water partition coefficient (Wildman–Crippen LogP) is 1.19. The van der Waals surface area contributed by atoms with Gasteiger partial charge in [-0.15, -0.1) is 0 Å². The highest BCUT2D eigenvalue weighted by molar-refractivity contribution is 5.98. The number of aromatic amines is 1. The highest BCUT2D eigenvalue weighted by atomic mass is 16.2. The van der Waals surface area contributed by atoms with Gasteiger partial charge in [0.1, 0.15) is 5.69 Å². The topological polar surface area (TPSA) is 69.8 Å². The lowest BCUT2D eigenvalue weighted by Gasteiger charge is -2.21. The number of carbonyl (C=O) groups is 1. The summed E-state index contributed by atoms with van der Waals surface area (Å²) < 4.78 is 0. The van der Waals surface area contributed by atoms with Crippen molar-refractivity contribution in [2.45, 2.75) is 37.4 Å². The summed E-state index contributed by atoms with van der Waals surface area (Å²) in [5.41, 5.74) is 1.52. The van der Waals surface area contributed by atoms with Crippen LogP contribution in [0.4, 0.5) is 0 Å². The molecule has 2 aliphatic rings. The lowest BCUT2D eigenvalue weighted by molar-refractivity contribution is 0.0927. The monoisotopic (exact) mass is 256 g/mol. The van der Waals surface area contributed by atoms with Gasteiger partial charge in [0.15, 0.2) is 0 Å². The predicted molar refractivity (Wildman–Crippen MR) is 71.9 cm³/mol. The first-order chi connectivity index (χ1) is 9.29. The molecule has 2 fully saturated rings. The van der Waals surface area contributed by atoms with Crippen LogP contribution in [0.25, 0.3) is 10.9 Å². The summed E-state index contributed by atoms with van der Waals surface area (Å²) in [6.45, 7) is 0. The van der Waals surface area contributed by atoms with Crippen LogP contribution in [0.1, 0.15) is 29.8 Å². The highest BCUT2D eigenvalue weighted by Gasteiger charge is 2.39. The molecule has 2 bridgehead atoms. The van der Waals surface area contributed by atoms with E-state index in [0.29, 0.717) is 17.8 Å². The molecule has 19 heavy (non-hydrogen) atoms. The second kappa shape index (κ2) is 4.06. The average Bonchev–Trinajstić information content (AvgIpc) is 3.12. The Morgan fingerprint density at radius 1 is 1.42 bits per heavy atom. The fourth-order valence-corrected chi connectivity index (χ4v) is 3.32. The van der Waals surface area contributed by atoms with Crippen molar-refractivity contribution in [1.82, 2.24) is 20.6 Å². The number of pyridine rings is 1. The largest absolute Gasteiger partial charge is 0.349 e. The van der Waals surface area contributed by atoms with E-state index in [9.17, 15) is 4.79 Å². The van der Waals surface area contributed by atoms with E-state index >= 15 is 0 Å². The van der Waals surface area contributed by atoms with E-state index in [0.717, 1.165) is 17.3 Å². The molecule has 0 unspecified atom stereocenters. The summed E-state index contributed by atoms with van der Waals surface area (Å²) in [5, 5.41) is 7.68. The zero-order valence-corrected chi connectivity index (χ0v) is 10.5. The lowest BCUT2D eigenvalue weighted by atomic mass is 9.95. The number of hydrogen-bond acceptors (Lipinski definition) is 3. The Labute approximate surface area is 110 Å². The number of nitrogens with zero attached hydrogens (tertiary/aromatic N) is 1. The normalized spacial score (nSPS) is 28.9. The maximum absolute atomic E-state index is 12.3. The highest BCUT2D eigenvalue weighted by Crippen LogP contribution is 2.28. The van der Waals surface area contributed by atoms with Crippen molar-refractivity contribution in [3.63, 3.8) is 0 Å². The number of aromatic nitrogens is 2. The molecule has 2 saturated heterocycles. The Balaban J connectivity index is 1.53. The molecule has 3 N–H and O–H groups in total. The molecule has 0 radical (unpaired) electrons. The summed E-state index contributed by atoms with van der Waals surface area (Å²) in [7, 11) is 0. The molecule has 4 rings (SSSR count). The van der Waals surface area contributed by atoms with E-state index < -0.39 is 0 Å². The van der Waals surface area contributed by atoms with Crippen molar-refractivity contribution < 1.29 is 4.79 Å². The molecule has 0 aromatic carbocycles. The Kier molecular flexibility index (Phi) is 2.35. The number of nitrogens with one attached hydrogen (secondary N) is 3. The van der Waals surface area contributed by atoms with Gasteiger partial charge in [-0.05, 0) is 31.4 Å². The van der Waals surface area contributed by atoms with Crippen LogP contribution in [-0.2, 0) is 0 Å². The molecular weight excluding hydrogens is 240 g/mol. The minimum absolute atomic E-state index is 0.0180. The molecule has 5 heteroatoms. The third-order valence-electron chi connectivity index (χ3n) is 4.29. The van der Waals surface area contributed by atoms with Gasteiger partial charge in [0, 0.05) is 29.7 Å². The second-order valence-electron chi connectivity index (χ2n) is 5.51. The van der Waals surface area contributed by atoms with Crippen molar-refractivity contribution in [1.29, 1.82) is 0 Å². The van der Waals surface area contributed by atoms with E-state index in [4.69, 9.17) is 0 Å². The minimum Gasteiger partial charge on any atom is -0.349 e. The quantitative estimate of drug-likeness (QED) is 0.756. The molecule has 98 valence electrons. The van der Waals surface area contributed by atoms with Gasteiger partial charge in [-0.3, -0.25) is 9.78 Å². The summed E-state index contributed by atoms with van der Waals surface area (Å²) in [6.07, 6.45) is 6.95. The van der Waals surface area contributed by atoms with Gasteiger partial charge in [-0.25, -0.2) is 0 Å². The number of H-pyrrole nitrogens is 1. The summed E-state index contributed by atoms with van der Waals surface area (Å²) in [5.74, 6) is -0.0180. The molecule has 5 nitrogen and oxygen atoms in total. The molecule has 2 aromatic heterocycles. The first-order valence-electron chi connectivity index (χ1n) is 6.79. The molecule has 4 heterocycles. The van der Waals surface area contributed by atoms with Crippen molar-refractivity contribution in [3.8, 4) is 0 Å². The smallest absolute Gasteiger partial charge is 0.268 e. The van der Waals surface area contributed by atoms with E-state index in [1.54, 1.807) is 12.4 Å². The number of amides is 1. The van der Waals surface area contributed by atoms with Gasteiger partial charge in [0.25, 0.3) is 5.91 Å². The SMILES string of the molecule is O=C(N[C@@H]1C[C@H]2CC[C@@H]1N2)c1cc2ccncc2[nH]1. The van der Waals surface area contributed by atoms with Crippen molar-refractivity contribution in [3.05, 3.63) is 30.2 Å². The van der Waals surface area contributed by atoms with Crippen LogP contribution in [0.3, 0.4) is 0 Å². The van der Waals surface area contributed by atoms with Gasteiger partial charge in [0.05, 0.1) is 11.7 Å². The zero-order chi connectivity index (χ0) is 12.8. The van der Waals surface area contributed by atoms with E-state index in [1.807, 2.05) is 12.1 Å². The number of fused-ring (bicyclic) bond motifs is 3. The summed E-state index contributed by atoms with van der Waals surface area (Å²) in [4.78, 5) is 19.4. The van der Waals surface area contributed by atoms with Crippen LogP contribution < -0.4 is 10.6 Å². The van der Waals surface area contributed by atoms with E-state index in [1.165, 1.54) is 12.8 Å². The third kappa shape index (κ3) is 1.81. The Bertz CT molecular complexity index is 602. The number of hydrogen-bond donors (Lipinski definition) is 3. The van der Waals surface area contributed by atoms with E-state index in [2.05, 4.69) is 20.6 Å². The molecule has 2 aromatic rings. The number of rotatable bonds is 2. The second-order valence-corrected chi connectivity index (χ2v) is 5.51. The Morgan fingerprint density at radius 2 is 2.37 bits per heavy atom. The molecule has 1 amide bonds. The fraction of sp³-hybridized carbons (Fsp3) is 0.429. The minimum atomic E-state index is -0.0180. The zero-order valence-electron chi connectivity index (χ0n) is 10.5. The van der Waals surface area contributed by atoms with Crippen LogP contribution in [0.2, 0.25) is 0 Å². The van der Waals surface area contributed by atoms with Gasteiger partial charge in [-0.2, -0.15) is 0 Å². The average molecular weight is 256 g/mol. The van der Waals surface area contributed by atoms with Gasteiger partial charge < -0.3 is 15.6 Å². The molecule has 0 saturated carbocycles. The van der Waals surface area contributed by atoms with Gasteiger partial charge in [0.2, 0.25) is 0 Å². The standard InChI is InChI=1S/C14H16N4O/c19-14(18-11-6-9-1-2-10(11)16-9)12-5-8-3-4-15-7-13(8)17-12/h3-5,7,9-11,16-17H,1-2,6H2,(H,18,19)/t9-,10+,11-/m1/s1. The number of carbonyl (C=O) groups excluding carboxylic acids is 1.